The molecule has 0 aromatic carbocycles. The fraction of sp³-hybridized carbons (Fsp3) is 1.00. The number of aliphatic hydroxyl groups excluding tert-OH is 3. The van der Waals surface area contributed by atoms with Gasteiger partial charge in [-0.25, -0.2) is 0 Å². The molecule has 5 nitrogen and oxygen atoms in total. The molecular weight excluding hydrogens is 174 g/mol. The van der Waals surface area contributed by atoms with Crippen LogP contribution in [0, 0.1) is 0 Å². The summed E-state index contributed by atoms with van der Waals surface area (Å²) in [5.41, 5.74) is 0. The van der Waals surface area contributed by atoms with Crippen LogP contribution in [0.3, 0.4) is 0 Å². The third kappa shape index (κ3) is 2.00. The summed E-state index contributed by atoms with van der Waals surface area (Å²) in [6, 6.07) is -0.627. The number of rotatable bonds is 2. The molecule has 0 amide bonds. The molecule has 5 heteroatoms. The summed E-state index contributed by atoms with van der Waals surface area (Å²) in [6.45, 7) is 1.83. The highest BCUT2D eigenvalue weighted by molar-refractivity contribution is 4.91. The highest BCUT2D eigenvalue weighted by Crippen LogP contribution is 2.21. The topological polar surface area (TPSA) is 82.0 Å². The summed E-state index contributed by atoms with van der Waals surface area (Å²) >= 11 is 0. The van der Waals surface area contributed by atoms with Crippen molar-refractivity contribution < 1.29 is 20.1 Å². The van der Waals surface area contributed by atoms with Crippen molar-refractivity contribution in [3.8, 4) is 0 Å². The molecule has 5 unspecified atom stereocenters. The zero-order chi connectivity index (χ0) is 10.0. The van der Waals surface area contributed by atoms with Crippen molar-refractivity contribution >= 4 is 0 Å². The molecule has 0 spiro atoms. The quantitative estimate of drug-likeness (QED) is 0.423. The Hall–Kier alpha value is -0.200. The molecule has 1 rings (SSSR count). The van der Waals surface area contributed by atoms with Gasteiger partial charge in [-0.1, -0.05) is 6.92 Å². The van der Waals surface area contributed by atoms with Crippen LogP contribution in [0.4, 0.5) is 0 Å². The van der Waals surface area contributed by atoms with Crippen LogP contribution in [-0.4, -0.2) is 53.0 Å². The van der Waals surface area contributed by atoms with E-state index in [0.29, 0.717) is 6.42 Å². The fourth-order valence-corrected chi connectivity index (χ4v) is 1.60. The van der Waals surface area contributed by atoms with E-state index in [2.05, 4.69) is 5.32 Å². The first-order chi connectivity index (χ1) is 6.11. The molecule has 0 bridgehead atoms. The van der Waals surface area contributed by atoms with Crippen LogP contribution >= 0.6 is 0 Å². The van der Waals surface area contributed by atoms with Crippen LogP contribution < -0.4 is 5.32 Å². The first kappa shape index (κ1) is 10.9. The Bertz CT molecular complexity index is 166. The van der Waals surface area contributed by atoms with Crippen molar-refractivity contribution in [2.24, 2.45) is 0 Å². The lowest BCUT2D eigenvalue weighted by atomic mass is 9.96. The Morgan fingerprint density at radius 3 is 2.31 bits per heavy atom. The standard InChI is InChI=1S/C8H17NO4/c1-3-4-6(10)7(11)5(9-2)8(12)13-4/h4-12H,3H2,1-2H3. The smallest absolute Gasteiger partial charge is 0.173 e. The van der Waals surface area contributed by atoms with E-state index in [0.717, 1.165) is 0 Å². The van der Waals surface area contributed by atoms with E-state index >= 15 is 0 Å². The first-order valence-corrected chi connectivity index (χ1v) is 4.48. The zero-order valence-electron chi connectivity index (χ0n) is 7.84. The second kappa shape index (κ2) is 4.34. The Morgan fingerprint density at radius 1 is 1.23 bits per heavy atom. The number of hydrogen-bond acceptors (Lipinski definition) is 5. The van der Waals surface area contributed by atoms with Gasteiger partial charge < -0.3 is 25.4 Å². The van der Waals surface area contributed by atoms with Crippen molar-refractivity contribution in [2.45, 2.75) is 44.0 Å². The minimum atomic E-state index is -1.06. The molecule has 1 aliphatic heterocycles. The van der Waals surface area contributed by atoms with Crippen LogP contribution in [0.15, 0.2) is 0 Å². The Balaban J connectivity index is 2.66. The third-order valence-electron chi connectivity index (χ3n) is 2.46. The van der Waals surface area contributed by atoms with Crippen molar-refractivity contribution in [1.82, 2.24) is 5.32 Å². The maximum atomic E-state index is 9.56. The van der Waals surface area contributed by atoms with E-state index in [4.69, 9.17) is 4.74 Å². The average molecular weight is 191 g/mol. The van der Waals surface area contributed by atoms with E-state index in [1.54, 1.807) is 7.05 Å². The van der Waals surface area contributed by atoms with E-state index in [1.807, 2.05) is 6.92 Å². The van der Waals surface area contributed by atoms with Crippen LogP contribution in [0.2, 0.25) is 0 Å². The van der Waals surface area contributed by atoms with Crippen LogP contribution in [-0.2, 0) is 4.74 Å². The first-order valence-electron chi connectivity index (χ1n) is 4.48. The summed E-state index contributed by atoms with van der Waals surface area (Å²) in [7, 11) is 1.60. The van der Waals surface area contributed by atoms with Gasteiger partial charge in [0.25, 0.3) is 0 Å². The number of likely N-dealkylation sites (N-methyl/N-ethyl adjacent to an activating group) is 1. The molecule has 0 saturated carbocycles. The minimum Gasteiger partial charge on any atom is -0.388 e. The lowest BCUT2D eigenvalue weighted by Crippen LogP contribution is -2.61. The van der Waals surface area contributed by atoms with Gasteiger partial charge >= 0.3 is 0 Å². The SMILES string of the molecule is CCC1OC(O)C(NC)C(O)C1O. The lowest BCUT2D eigenvalue weighted by molar-refractivity contribution is -0.247. The molecule has 1 saturated heterocycles. The summed E-state index contributed by atoms with van der Waals surface area (Å²) < 4.78 is 5.10. The van der Waals surface area contributed by atoms with Crippen molar-refractivity contribution in [1.29, 1.82) is 0 Å². The highest BCUT2D eigenvalue weighted by atomic mass is 16.6. The van der Waals surface area contributed by atoms with Gasteiger partial charge in [0, 0.05) is 0 Å². The van der Waals surface area contributed by atoms with Gasteiger partial charge in [0.2, 0.25) is 0 Å². The molecule has 1 aliphatic rings. The van der Waals surface area contributed by atoms with Crippen LogP contribution in [0.25, 0.3) is 0 Å². The normalized spacial score (nSPS) is 46.4. The zero-order valence-corrected chi connectivity index (χ0v) is 7.84. The van der Waals surface area contributed by atoms with E-state index in [1.165, 1.54) is 0 Å². The predicted molar refractivity (Wildman–Crippen MR) is 46.0 cm³/mol. The van der Waals surface area contributed by atoms with Gasteiger partial charge in [0.05, 0.1) is 12.1 Å². The number of aliphatic hydroxyl groups is 3. The van der Waals surface area contributed by atoms with E-state index < -0.39 is 30.6 Å². The van der Waals surface area contributed by atoms with Crippen molar-refractivity contribution in [3.05, 3.63) is 0 Å². The summed E-state index contributed by atoms with van der Waals surface area (Å²) in [4.78, 5) is 0. The van der Waals surface area contributed by atoms with Crippen LogP contribution in [0.5, 0.6) is 0 Å². The van der Waals surface area contributed by atoms with E-state index in [9.17, 15) is 15.3 Å². The third-order valence-corrected chi connectivity index (χ3v) is 2.46. The monoisotopic (exact) mass is 191 g/mol. The fourth-order valence-electron chi connectivity index (χ4n) is 1.60. The molecule has 0 aliphatic carbocycles. The minimum absolute atomic E-state index is 0.491. The summed E-state index contributed by atoms with van der Waals surface area (Å²) in [5, 5.41) is 31.2. The van der Waals surface area contributed by atoms with Gasteiger partial charge in [0.1, 0.15) is 12.2 Å². The largest absolute Gasteiger partial charge is 0.388 e. The van der Waals surface area contributed by atoms with Gasteiger partial charge in [-0.3, -0.25) is 0 Å². The molecule has 13 heavy (non-hydrogen) atoms. The second-order valence-electron chi connectivity index (χ2n) is 3.27. The number of hydrogen-bond donors (Lipinski definition) is 4. The molecule has 0 radical (unpaired) electrons. The summed E-state index contributed by atoms with van der Waals surface area (Å²) in [6.07, 6.45) is -2.92. The predicted octanol–water partition coefficient (Wildman–Crippen LogP) is -1.58. The molecule has 1 heterocycles. The van der Waals surface area contributed by atoms with Crippen molar-refractivity contribution in [2.75, 3.05) is 7.05 Å². The second-order valence-corrected chi connectivity index (χ2v) is 3.27. The Kier molecular flexibility index (Phi) is 3.63. The maximum Gasteiger partial charge on any atom is 0.173 e. The Morgan fingerprint density at radius 2 is 1.85 bits per heavy atom. The number of ether oxygens (including phenoxy) is 1. The molecule has 78 valence electrons. The molecule has 1 fully saturated rings. The average Bonchev–Trinajstić information content (AvgIpc) is 2.12. The van der Waals surface area contributed by atoms with Gasteiger partial charge in [-0.2, -0.15) is 0 Å². The van der Waals surface area contributed by atoms with Gasteiger partial charge in [0.15, 0.2) is 6.29 Å². The molecule has 4 N–H and O–H groups in total. The Labute approximate surface area is 77.3 Å². The molecule has 0 aromatic heterocycles. The van der Waals surface area contributed by atoms with Gasteiger partial charge in [-0.15, -0.1) is 0 Å². The van der Waals surface area contributed by atoms with Crippen LogP contribution in [0.1, 0.15) is 13.3 Å². The van der Waals surface area contributed by atoms with E-state index in [-0.39, 0.29) is 0 Å². The summed E-state index contributed by atoms with van der Waals surface area (Å²) in [5.74, 6) is 0. The number of nitrogens with one attached hydrogen (secondary N) is 1. The molecule has 5 atom stereocenters. The molecular formula is C8H17NO4. The van der Waals surface area contributed by atoms with Crippen molar-refractivity contribution in [3.63, 3.8) is 0 Å². The maximum absolute atomic E-state index is 9.56. The lowest BCUT2D eigenvalue weighted by Gasteiger charge is -2.40. The van der Waals surface area contributed by atoms with Gasteiger partial charge in [-0.05, 0) is 13.5 Å². The molecule has 0 aromatic rings. The highest BCUT2D eigenvalue weighted by Gasteiger charge is 2.42.